The molecule has 0 saturated carbocycles. The van der Waals surface area contributed by atoms with Gasteiger partial charge in [0.1, 0.15) is 42.0 Å². The number of hydrogen-bond donors (Lipinski definition) is 1. The van der Waals surface area contributed by atoms with Crippen LogP contribution in [0.25, 0.3) is 5.69 Å². The number of aliphatic hydroxyl groups excluding tert-OH is 1. The lowest BCUT2D eigenvalue weighted by Gasteiger charge is -2.37. The molecule has 14 heteroatoms. The molecule has 2 aliphatic rings. The highest BCUT2D eigenvalue weighted by atomic mass is 19.1. The van der Waals surface area contributed by atoms with Crippen molar-refractivity contribution in [2.75, 3.05) is 49.2 Å². The maximum absolute atomic E-state index is 15.0. The SMILES string of the molecule is CC[C@H](C(C)O)n1ncn(-c2ccc(N3CCN(c4ccc(OC[C@@H]5CO[C@@](Cn6cncn6)(c6ccc(F)cc6F)C5)cc4)CC3)cc2)c1=O. The van der Waals surface area contributed by atoms with Gasteiger partial charge in [0.2, 0.25) is 0 Å². The number of nitrogens with zero attached hydrogens (tertiary/aromatic N) is 8. The van der Waals surface area contributed by atoms with Crippen molar-refractivity contribution >= 4 is 11.4 Å². The average molecular weight is 701 g/mol. The maximum atomic E-state index is 15.0. The number of aliphatic hydroxyl groups is 1. The van der Waals surface area contributed by atoms with Crippen LogP contribution in [0.5, 0.6) is 5.75 Å². The van der Waals surface area contributed by atoms with Gasteiger partial charge < -0.3 is 24.4 Å². The molecule has 2 saturated heterocycles. The van der Waals surface area contributed by atoms with E-state index in [1.807, 2.05) is 43.3 Å². The molecule has 4 heterocycles. The van der Waals surface area contributed by atoms with E-state index in [9.17, 15) is 18.7 Å². The van der Waals surface area contributed by atoms with Crippen LogP contribution in [0.15, 0.2) is 90.5 Å². The van der Waals surface area contributed by atoms with E-state index in [0.717, 1.165) is 55.1 Å². The summed E-state index contributed by atoms with van der Waals surface area (Å²) in [6, 6.07) is 19.2. The van der Waals surface area contributed by atoms with Gasteiger partial charge in [-0.3, -0.25) is 0 Å². The van der Waals surface area contributed by atoms with Crippen molar-refractivity contribution < 1.29 is 23.4 Å². The number of rotatable bonds is 12. The van der Waals surface area contributed by atoms with Gasteiger partial charge in [-0.1, -0.05) is 13.0 Å². The second-order valence-electron chi connectivity index (χ2n) is 13.3. The molecule has 7 rings (SSSR count). The van der Waals surface area contributed by atoms with Gasteiger partial charge in [0.15, 0.2) is 0 Å². The summed E-state index contributed by atoms with van der Waals surface area (Å²) < 4.78 is 45.6. The molecule has 0 aliphatic carbocycles. The first-order chi connectivity index (χ1) is 24.7. The van der Waals surface area contributed by atoms with Crippen molar-refractivity contribution in [3.8, 4) is 11.4 Å². The minimum atomic E-state index is -1.02. The Kier molecular flexibility index (Phi) is 9.87. The van der Waals surface area contributed by atoms with Crippen molar-refractivity contribution in [1.29, 1.82) is 0 Å². The zero-order valence-corrected chi connectivity index (χ0v) is 28.7. The molecule has 0 spiro atoms. The highest BCUT2D eigenvalue weighted by molar-refractivity contribution is 5.54. The Labute approximate surface area is 294 Å². The third kappa shape index (κ3) is 7.24. The van der Waals surface area contributed by atoms with Crippen LogP contribution < -0.4 is 20.2 Å². The first-order valence-electron chi connectivity index (χ1n) is 17.3. The molecule has 0 amide bonds. The van der Waals surface area contributed by atoms with E-state index in [4.69, 9.17) is 9.47 Å². The van der Waals surface area contributed by atoms with Gasteiger partial charge in [-0.25, -0.2) is 32.5 Å². The molecular formula is C37H42F2N8O4. The van der Waals surface area contributed by atoms with Crippen LogP contribution in [-0.2, 0) is 16.9 Å². The van der Waals surface area contributed by atoms with Gasteiger partial charge >= 0.3 is 5.69 Å². The Bertz CT molecular complexity index is 1960. The van der Waals surface area contributed by atoms with E-state index in [1.165, 1.54) is 34.0 Å². The Hall–Kier alpha value is -5.08. The van der Waals surface area contributed by atoms with E-state index in [0.29, 0.717) is 31.6 Å². The first kappa shape index (κ1) is 34.4. The average Bonchev–Trinajstić information content (AvgIpc) is 3.90. The van der Waals surface area contributed by atoms with Gasteiger partial charge in [-0.05, 0) is 74.4 Å². The van der Waals surface area contributed by atoms with Crippen LogP contribution in [0.4, 0.5) is 20.2 Å². The van der Waals surface area contributed by atoms with Crippen LogP contribution >= 0.6 is 0 Å². The minimum absolute atomic E-state index is 0.0121. The molecule has 51 heavy (non-hydrogen) atoms. The highest BCUT2D eigenvalue weighted by Gasteiger charge is 2.44. The predicted octanol–water partition coefficient (Wildman–Crippen LogP) is 4.57. The Morgan fingerprint density at radius 2 is 1.61 bits per heavy atom. The monoisotopic (exact) mass is 700 g/mol. The topological polar surface area (TPSA) is 116 Å². The molecule has 2 aliphatic heterocycles. The van der Waals surface area contributed by atoms with E-state index < -0.39 is 23.3 Å². The fraction of sp³-hybridized carbons (Fsp3) is 0.405. The van der Waals surface area contributed by atoms with Crippen molar-refractivity contribution in [3.05, 3.63) is 113 Å². The van der Waals surface area contributed by atoms with Crippen molar-refractivity contribution in [2.24, 2.45) is 5.92 Å². The van der Waals surface area contributed by atoms with Crippen LogP contribution in [0.1, 0.15) is 38.3 Å². The smallest absolute Gasteiger partial charge is 0.350 e. The predicted molar refractivity (Wildman–Crippen MR) is 187 cm³/mol. The lowest BCUT2D eigenvalue weighted by Crippen LogP contribution is -2.46. The molecule has 0 bridgehead atoms. The molecule has 5 aromatic rings. The molecular weight excluding hydrogens is 658 g/mol. The lowest BCUT2D eigenvalue weighted by molar-refractivity contribution is -0.0206. The first-order valence-corrected chi connectivity index (χ1v) is 17.3. The van der Waals surface area contributed by atoms with E-state index in [-0.39, 0.29) is 24.2 Å². The summed E-state index contributed by atoms with van der Waals surface area (Å²) in [6.45, 7) is 7.97. The number of aromatic nitrogens is 6. The van der Waals surface area contributed by atoms with Crippen molar-refractivity contribution in [1.82, 2.24) is 29.1 Å². The van der Waals surface area contributed by atoms with Crippen LogP contribution in [0.2, 0.25) is 0 Å². The minimum Gasteiger partial charge on any atom is -0.493 e. The summed E-state index contributed by atoms with van der Waals surface area (Å²) in [7, 11) is 0. The number of anilines is 2. The lowest BCUT2D eigenvalue weighted by atomic mass is 9.87. The van der Waals surface area contributed by atoms with E-state index in [2.05, 4.69) is 37.1 Å². The van der Waals surface area contributed by atoms with Crippen LogP contribution in [0.3, 0.4) is 0 Å². The summed E-state index contributed by atoms with van der Waals surface area (Å²) in [6.07, 6.45) is 4.88. The van der Waals surface area contributed by atoms with Crippen LogP contribution in [-0.4, -0.2) is 79.7 Å². The van der Waals surface area contributed by atoms with Crippen LogP contribution in [0, 0.1) is 17.6 Å². The highest BCUT2D eigenvalue weighted by Crippen LogP contribution is 2.42. The number of hydrogen-bond acceptors (Lipinski definition) is 9. The zero-order chi connectivity index (χ0) is 35.5. The number of benzene rings is 3. The molecule has 2 aromatic heterocycles. The van der Waals surface area contributed by atoms with E-state index in [1.54, 1.807) is 17.9 Å². The van der Waals surface area contributed by atoms with Gasteiger partial charge in [-0.15, -0.1) is 0 Å². The fourth-order valence-corrected chi connectivity index (χ4v) is 7.24. The van der Waals surface area contributed by atoms with E-state index >= 15 is 0 Å². The third-order valence-corrected chi connectivity index (χ3v) is 9.96. The van der Waals surface area contributed by atoms with Gasteiger partial charge in [0, 0.05) is 55.1 Å². The fourth-order valence-electron chi connectivity index (χ4n) is 7.24. The second-order valence-corrected chi connectivity index (χ2v) is 13.3. The number of halogens is 2. The summed E-state index contributed by atoms with van der Waals surface area (Å²) >= 11 is 0. The molecule has 12 nitrogen and oxygen atoms in total. The Morgan fingerprint density at radius 3 is 2.22 bits per heavy atom. The number of piperazine rings is 1. The quantitative estimate of drug-likeness (QED) is 0.200. The summed E-state index contributed by atoms with van der Waals surface area (Å²) in [5.41, 5.74) is 1.93. The normalized spacial score (nSPS) is 20.5. The molecule has 4 atom stereocenters. The Morgan fingerprint density at radius 1 is 0.941 bits per heavy atom. The summed E-state index contributed by atoms with van der Waals surface area (Å²) in [5, 5.41) is 18.5. The zero-order valence-electron chi connectivity index (χ0n) is 28.7. The van der Waals surface area contributed by atoms with Crippen molar-refractivity contribution in [2.45, 2.75) is 51.0 Å². The van der Waals surface area contributed by atoms with Gasteiger partial charge in [-0.2, -0.15) is 10.2 Å². The second kappa shape index (κ2) is 14.6. The third-order valence-electron chi connectivity index (χ3n) is 9.96. The van der Waals surface area contributed by atoms with Gasteiger partial charge in [0.05, 0.1) is 37.6 Å². The van der Waals surface area contributed by atoms with Crippen molar-refractivity contribution in [3.63, 3.8) is 0 Å². The Balaban J connectivity index is 0.923. The largest absolute Gasteiger partial charge is 0.493 e. The standard InChI is InChI=1S/C37H42F2N8O4/c1-3-35(26(2)48)47-36(49)46(25-42-47)31-7-5-29(6-8-31)43-14-16-44(17-15-43)30-9-11-32(12-10-30)50-20-27-19-37(51-21-27,22-45-24-40-23-41-45)33-13-4-28(38)18-34(33)39/h4-13,18,23-27,35,48H,3,14-17,19-22H2,1-2H3/t26?,27-,35-,37+/m1/s1. The molecule has 0 radical (unpaired) electrons. The summed E-state index contributed by atoms with van der Waals surface area (Å²) in [4.78, 5) is 21.7. The molecule has 1 N–H and O–H groups in total. The number of ether oxygens (including phenoxy) is 2. The summed E-state index contributed by atoms with van der Waals surface area (Å²) in [5.74, 6) is -0.563. The molecule has 1 unspecified atom stereocenters. The molecule has 268 valence electrons. The molecule has 3 aromatic carbocycles. The molecule has 2 fully saturated rings. The maximum Gasteiger partial charge on any atom is 0.350 e. The van der Waals surface area contributed by atoms with Gasteiger partial charge in [0.25, 0.3) is 0 Å².